The van der Waals surface area contributed by atoms with E-state index in [4.69, 9.17) is 9.15 Å². The lowest BCUT2D eigenvalue weighted by Crippen LogP contribution is -2.27. The fourth-order valence-corrected chi connectivity index (χ4v) is 4.48. The highest BCUT2D eigenvalue weighted by atomic mass is 32.2. The van der Waals surface area contributed by atoms with E-state index in [0.29, 0.717) is 16.7 Å². The summed E-state index contributed by atoms with van der Waals surface area (Å²) in [5.74, 6) is 1.97. The van der Waals surface area contributed by atoms with Crippen molar-refractivity contribution in [1.82, 2.24) is 14.8 Å². The van der Waals surface area contributed by atoms with Gasteiger partial charge in [-0.1, -0.05) is 48.2 Å². The highest BCUT2D eigenvalue weighted by Gasteiger charge is 2.22. The quantitative estimate of drug-likeness (QED) is 0.253. The predicted octanol–water partition coefficient (Wildman–Crippen LogP) is 5.99. The number of benzene rings is 3. The Morgan fingerprint density at radius 3 is 2.11 bits per heavy atom. The summed E-state index contributed by atoms with van der Waals surface area (Å²) in [4.78, 5) is 15.2. The molecule has 0 saturated carbocycles. The van der Waals surface area contributed by atoms with Gasteiger partial charge in [-0.05, 0) is 60.7 Å². The van der Waals surface area contributed by atoms with Crippen molar-refractivity contribution in [2.75, 3.05) is 17.8 Å². The molecule has 0 unspecified atom stereocenters. The molecule has 8 heteroatoms. The Morgan fingerprint density at radius 2 is 1.54 bits per heavy atom. The number of furan rings is 1. The highest BCUT2D eigenvalue weighted by Crippen LogP contribution is 2.31. The van der Waals surface area contributed by atoms with Crippen LogP contribution in [0.4, 0.5) is 11.4 Å². The van der Waals surface area contributed by atoms with Crippen LogP contribution >= 0.6 is 11.8 Å². The molecule has 0 aliphatic carbocycles. The van der Waals surface area contributed by atoms with Crippen LogP contribution in [0, 0.1) is 0 Å². The Morgan fingerprint density at radius 1 is 0.886 bits per heavy atom. The van der Waals surface area contributed by atoms with Crippen LogP contribution < -0.4 is 9.64 Å². The molecule has 5 rings (SSSR count). The lowest BCUT2D eigenvalue weighted by molar-refractivity contribution is -0.115. The monoisotopic (exact) mass is 482 g/mol. The van der Waals surface area contributed by atoms with Gasteiger partial charge in [0.15, 0.2) is 10.9 Å². The second-order valence-corrected chi connectivity index (χ2v) is 8.45. The third-order valence-electron chi connectivity index (χ3n) is 5.31. The van der Waals surface area contributed by atoms with Gasteiger partial charge in [0.25, 0.3) is 0 Å². The Labute approximate surface area is 207 Å². The minimum absolute atomic E-state index is 0.0729. The molecular weight excluding hydrogens is 460 g/mol. The number of carbonyl (C=O) groups is 1. The van der Waals surface area contributed by atoms with Crippen LogP contribution in [0.25, 0.3) is 17.3 Å². The van der Waals surface area contributed by atoms with Crippen molar-refractivity contribution in [1.29, 1.82) is 0 Å². The fourth-order valence-electron chi connectivity index (χ4n) is 3.67. The number of hydrogen-bond donors (Lipinski definition) is 0. The van der Waals surface area contributed by atoms with Crippen molar-refractivity contribution >= 4 is 29.0 Å². The number of methoxy groups -OCH3 is 1. The largest absolute Gasteiger partial charge is 0.497 e. The number of anilines is 2. The summed E-state index contributed by atoms with van der Waals surface area (Å²) in [6.07, 6.45) is 1.59. The van der Waals surface area contributed by atoms with Crippen molar-refractivity contribution in [3.8, 4) is 23.0 Å². The van der Waals surface area contributed by atoms with Gasteiger partial charge in [0.1, 0.15) is 5.75 Å². The molecule has 5 aromatic rings. The lowest BCUT2D eigenvalue weighted by atomic mass is 10.2. The number of ether oxygens (including phenoxy) is 1. The Bertz CT molecular complexity index is 1350. The molecule has 1 amide bonds. The number of para-hydroxylation sites is 2. The van der Waals surface area contributed by atoms with Gasteiger partial charge in [-0.25, -0.2) is 0 Å². The van der Waals surface area contributed by atoms with Crippen LogP contribution in [0.1, 0.15) is 0 Å². The van der Waals surface area contributed by atoms with Crippen LogP contribution in [0.5, 0.6) is 5.75 Å². The summed E-state index contributed by atoms with van der Waals surface area (Å²) >= 11 is 1.32. The van der Waals surface area contributed by atoms with E-state index in [1.807, 2.05) is 95.6 Å². The molecule has 0 atom stereocenters. The van der Waals surface area contributed by atoms with Crippen molar-refractivity contribution in [2.45, 2.75) is 5.16 Å². The first kappa shape index (κ1) is 22.5. The normalized spacial score (nSPS) is 10.8. The average Bonchev–Trinajstić information content (AvgIpc) is 3.59. The van der Waals surface area contributed by atoms with Crippen LogP contribution in [0.15, 0.2) is 113 Å². The van der Waals surface area contributed by atoms with Crippen LogP contribution in [0.3, 0.4) is 0 Å². The molecular formula is C27H22N4O3S. The Hall–Kier alpha value is -4.30. The van der Waals surface area contributed by atoms with E-state index in [-0.39, 0.29) is 11.7 Å². The van der Waals surface area contributed by atoms with E-state index < -0.39 is 0 Å². The number of nitrogens with zero attached hydrogens (tertiary/aromatic N) is 4. The topological polar surface area (TPSA) is 73.4 Å². The van der Waals surface area contributed by atoms with Gasteiger partial charge in [0, 0.05) is 11.4 Å². The number of amides is 1. The van der Waals surface area contributed by atoms with E-state index in [2.05, 4.69) is 10.2 Å². The van der Waals surface area contributed by atoms with Gasteiger partial charge in [-0.3, -0.25) is 14.3 Å². The molecule has 0 aliphatic rings. The molecule has 0 fully saturated rings. The zero-order chi connectivity index (χ0) is 24.0. The van der Waals surface area contributed by atoms with E-state index in [1.165, 1.54) is 11.8 Å². The molecule has 174 valence electrons. The maximum Gasteiger partial charge on any atom is 0.242 e. The first-order chi connectivity index (χ1) is 17.2. The van der Waals surface area contributed by atoms with Gasteiger partial charge in [0.2, 0.25) is 11.7 Å². The summed E-state index contributed by atoms with van der Waals surface area (Å²) < 4.78 is 12.8. The summed E-state index contributed by atoms with van der Waals surface area (Å²) in [5, 5.41) is 9.32. The first-order valence-corrected chi connectivity index (χ1v) is 11.9. The molecule has 0 aliphatic heterocycles. The first-order valence-electron chi connectivity index (χ1n) is 10.9. The van der Waals surface area contributed by atoms with E-state index in [9.17, 15) is 4.79 Å². The van der Waals surface area contributed by atoms with E-state index >= 15 is 0 Å². The lowest BCUT2D eigenvalue weighted by Gasteiger charge is -2.23. The second kappa shape index (κ2) is 10.3. The molecule has 0 spiro atoms. The summed E-state index contributed by atoms with van der Waals surface area (Å²) in [6.45, 7) is 0. The van der Waals surface area contributed by atoms with E-state index in [0.717, 1.165) is 22.8 Å². The minimum Gasteiger partial charge on any atom is -0.497 e. The van der Waals surface area contributed by atoms with Gasteiger partial charge in [0.05, 0.1) is 24.8 Å². The zero-order valence-electron chi connectivity index (χ0n) is 18.9. The van der Waals surface area contributed by atoms with Crippen molar-refractivity contribution in [2.24, 2.45) is 0 Å². The molecule has 2 heterocycles. The predicted molar refractivity (Wildman–Crippen MR) is 136 cm³/mol. The number of hydrogen-bond acceptors (Lipinski definition) is 6. The summed E-state index contributed by atoms with van der Waals surface area (Å²) in [5.41, 5.74) is 2.44. The number of rotatable bonds is 8. The molecule has 0 N–H and O–H groups in total. The number of carbonyl (C=O) groups excluding carboxylic acids is 1. The molecule has 35 heavy (non-hydrogen) atoms. The number of aromatic nitrogens is 3. The molecule has 2 aromatic heterocycles. The maximum atomic E-state index is 13.5. The summed E-state index contributed by atoms with van der Waals surface area (Å²) in [7, 11) is 1.63. The number of thioether (sulfide) groups is 1. The zero-order valence-corrected chi connectivity index (χ0v) is 19.8. The maximum absolute atomic E-state index is 13.5. The molecule has 0 saturated heterocycles. The molecule has 0 radical (unpaired) electrons. The Balaban J connectivity index is 1.46. The van der Waals surface area contributed by atoms with Gasteiger partial charge in [-0.15, -0.1) is 10.2 Å². The van der Waals surface area contributed by atoms with Crippen LogP contribution in [0.2, 0.25) is 0 Å². The van der Waals surface area contributed by atoms with Crippen LogP contribution in [-0.4, -0.2) is 33.5 Å². The molecule has 3 aromatic carbocycles. The van der Waals surface area contributed by atoms with Gasteiger partial charge >= 0.3 is 0 Å². The summed E-state index contributed by atoms with van der Waals surface area (Å²) in [6, 6.07) is 30.4. The minimum atomic E-state index is -0.0729. The highest BCUT2D eigenvalue weighted by molar-refractivity contribution is 7.99. The van der Waals surface area contributed by atoms with Crippen LogP contribution in [-0.2, 0) is 4.79 Å². The van der Waals surface area contributed by atoms with Crippen molar-refractivity contribution in [3.63, 3.8) is 0 Å². The van der Waals surface area contributed by atoms with E-state index in [1.54, 1.807) is 24.3 Å². The smallest absolute Gasteiger partial charge is 0.242 e. The third kappa shape index (κ3) is 4.83. The second-order valence-electron chi connectivity index (χ2n) is 7.51. The molecule has 0 bridgehead atoms. The van der Waals surface area contributed by atoms with Crippen molar-refractivity contribution < 1.29 is 13.9 Å². The van der Waals surface area contributed by atoms with Gasteiger partial charge in [-0.2, -0.15) is 0 Å². The Kier molecular flexibility index (Phi) is 6.63. The SMILES string of the molecule is COc1ccc(-n2c(SCC(=O)N(c3ccccc3)c3ccccc3)nnc2-c2ccco2)cc1. The standard InChI is InChI=1S/C27H22N4O3S/c1-33-23-16-14-22(15-17-23)31-26(24-13-8-18-34-24)28-29-27(31)35-19-25(32)30(20-9-4-2-5-10-20)21-11-6-3-7-12-21/h2-18H,19H2,1H3. The average molecular weight is 483 g/mol. The fraction of sp³-hybridized carbons (Fsp3) is 0.0741. The van der Waals surface area contributed by atoms with Gasteiger partial charge < -0.3 is 9.15 Å². The van der Waals surface area contributed by atoms with Crippen molar-refractivity contribution in [3.05, 3.63) is 103 Å². The third-order valence-corrected chi connectivity index (χ3v) is 6.22. The molecule has 7 nitrogen and oxygen atoms in total.